The summed E-state index contributed by atoms with van der Waals surface area (Å²) in [6, 6.07) is 1.61. The topological polar surface area (TPSA) is 49.3 Å². The largest absolute Gasteiger partial charge is 0.394 e. The van der Waals surface area contributed by atoms with Crippen molar-refractivity contribution in [3.8, 4) is 0 Å². The van der Waals surface area contributed by atoms with Gasteiger partial charge in [0, 0.05) is 0 Å². The van der Waals surface area contributed by atoms with Gasteiger partial charge in [0.25, 0.3) is 5.91 Å². The third-order valence-electron chi connectivity index (χ3n) is 3.77. The van der Waals surface area contributed by atoms with Crippen LogP contribution in [0.1, 0.15) is 42.5 Å². The molecule has 0 spiro atoms. The predicted octanol–water partition coefficient (Wildman–Crippen LogP) is 2.53. The molecule has 0 heterocycles. The summed E-state index contributed by atoms with van der Waals surface area (Å²) >= 11 is 0. The van der Waals surface area contributed by atoms with Gasteiger partial charge < -0.3 is 10.4 Å². The summed E-state index contributed by atoms with van der Waals surface area (Å²) in [5.74, 6) is -5.35. The normalized spacial score (nSPS) is 17.8. The molecule has 110 valence electrons. The maximum atomic E-state index is 13.6. The van der Waals surface area contributed by atoms with Gasteiger partial charge in [0.05, 0.1) is 17.7 Å². The van der Waals surface area contributed by atoms with E-state index in [0.29, 0.717) is 18.9 Å². The third kappa shape index (κ3) is 2.80. The molecule has 0 aromatic heterocycles. The summed E-state index contributed by atoms with van der Waals surface area (Å²) in [6.45, 7) is -0.260. The van der Waals surface area contributed by atoms with Gasteiger partial charge in [0.1, 0.15) is 0 Å². The number of hydrogen-bond donors (Lipinski definition) is 2. The molecule has 1 aromatic rings. The fourth-order valence-electron chi connectivity index (χ4n) is 2.56. The molecular weight excluding hydrogens is 271 g/mol. The highest BCUT2D eigenvalue weighted by Gasteiger charge is 2.34. The molecule has 1 aromatic carbocycles. The maximum Gasteiger partial charge on any atom is 0.254 e. The van der Waals surface area contributed by atoms with Gasteiger partial charge in [-0.3, -0.25) is 4.79 Å². The van der Waals surface area contributed by atoms with Crippen LogP contribution in [0.5, 0.6) is 0 Å². The van der Waals surface area contributed by atoms with E-state index in [0.717, 1.165) is 25.3 Å². The fourth-order valence-corrected chi connectivity index (χ4v) is 2.56. The van der Waals surface area contributed by atoms with Crippen LogP contribution in [0.15, 0.2) is 12.1 Å². The smallest absolute Gasteiger partial charge is 0.254 e. The van der Waals surface area contributed by atoms with E-state index < -0.39 is 34.5 Å². The Morgan fingerprint density at radius 3 is 2.40 bits per heavy atom. The van der Waals surface area contributed by atoms with Gasteiger partial charge in [0.15, 0.2) is 17.5 Å². The summed E-state index contributed by atoms with van der Waals surface area (Å²) in [4.78, 5) is 12.0. The number of amides is 1. The zero-order valence-corrected chi connectivity index (χ0v) is 10.9. The van der Waals surface area contributed by atoms with Gasteiger partial charge in [-0.15, -0.1) is 0 Å². The molecule has 2 rings (SSSR count). The van der Waals surface area contributed by atoms with E-state index in [1.165, 1.54) is 0 Å². The zero-order valence-electron chi connectivity index (χ0n) is 10.9. The van der Waals surface area contributed by atoms with Gasteiger partial charge in [-0.2, -0.15) is 0 Å². The molecule has 0 aliphatic heterocycles. The minimum Gasteiger partial charge on any atom is -0.394 e. The fraction of sp³-hybridized carbons (Fsp3) is 0.500. The minimum atomic E-state index is -1.67. The number of carbonyl (C=O) groups excluding carboxylic acids is 1. The van der Waals surface area contributed by atoms with E-state index in [9.17, 15) is 23.1 Å². The van der Waals surface area contributed by atoms with Crippen molar-refractivity contribution in [2.24, 2.45) is 0 Å². The minimum absolute atomic E-state index is 0.260. The van der Waals surface area contributed by atoms with E-state index >= 15 is 0 Å². The Bertz CT molecular complexity index is 513. The van der Waals surface area contributed by atoms with Crippen molar-refractivity contribution in [3.05, 3.63) is 35.1 Å². The molecule has 1 fully saturated rings. The summed E-state index contributed by atoms with van der Waals surface area (Å²) in [7, 11) is 0. The lowest BCUT2D eigenvalue weighted by Gasteiger charge is -2.36. The van der Waals surface area contributed by atoms with Crippen molar-refractivity contribution >= 4 is 5.91 Å². The summed E-state index contributed by atoms with van der Waals surface area (Å²) in [5, 5.41) is 12.0. The molecule has 1 amide bonds. The highest BCUT2D eigenvalue weighted by atomic mass is 19.2. The van der Waals surface area contributed by atoms with E-state index in [4.69, 9.17) is 0 Å². The van der Waals surface area contributed by atoms with E-state index in [1.807, 2.05) is 0 Å². The van der Waals surface area contributed by atoms with Crippen molar-refractivity contribution < 1.29 is 23.1 Å². The Morgan fingerprint density at radius 1 is 1.15 bits per heavy atom. The first-order valence-corrected chi connectivity index (χ1v) is 6.56. The van der Waals surface area contributed by atoms with E-state index in [-0.39, 0.29) is 6.61 Å². The number of benzene rings is 1. The molecule has 1 aliphatic rings. The lowest BCUT2D eigenvalue weighted by atomic mass is 9.82. The highest BCUT2D eigenvalue weighted by molar-refractivity contribution is 5.95. The quantitative estimate of drug-likeness (QED) is 0.839. The molecule has 2 N–H and O–H groups in total. The average Bonchev–Trinajstić information content (AvgIpc) is 2.45. The van der Waals surface area contributed by atoms with Crippen molar-refractivity contribution in [3.63, 3.8) is 0 Å². The predicted molar refractivity (Wildman–Crippen MR) is 66.7 cm³/mol. The van der Waals surface area contributed by atoms with Crippen LogP contribution >= 0.6 is 0 Å². The molecule has 1 aliphatic carbocycles. The average molecular weight is 287 g/mol. The van der Waals surface area contributed by atoms with Crippen molar-refractivity contribution in [1.29, 1.82) is 0 Å². The van der Waals surface area contributed by atoms with Crippen LogP contribution in [-0.2, 0) is 0 Å². The zero-order chi connectivity index (χ0) is 14.8. The number of rotatable bonds is 3. The molecule has 3 nitrogen and oxygen atoms in total. The number of halogens is 3. The first-order chi connectivity index (χ1) is 9.49. The molecule has 0 bridgehead atoms. The summed E-state index contributed by atoms with van der Waals surface area (Å²) in [6.07, 6.45) is 3.88. The monoisotopic (exact) mass is 287 g/mol. The summed E-state index contributed by atoms with van der Waals surface area (Å²) < 4.78 is 39.5. The number of aliphatic hydroxyl groups excluding tert-OH is 1. The lowest BCUT2D eigenvalue weighted by Crippen LogP contribution is -2.52. The number of aliphatic hydroxyl groups is 1. The first kappa shape index (κ1) is 14.8. The van der Waals surface area contributed by atoms with E-state index in [2.05, 4.69) is 5.32 Å². The molecule has 0 atom stereocenters. The van der Waals surface area contributed by atoms with Crippen molar-refractivity contribution in [1.82, 2.24) is 5.32 Å². The van der Waals surface area contributed by atoms with Gasteiger partial charge >= 0.3 is 0 Å². The molecule has 0 radical (unpaired) electrons. The second kappa shape index (κ2) is 5.83. The standard InChI is InChI=1S/C14H16F3NO2/c15-10-5-4-9(11(16)12(10)17)13(20)18-14(8-19)6-2-1-3-7-14/h4-5,19H,1-3,6-8H2,(H,18,20). The van der Waals surface area contributed by atoms with Crippen LogP contribution in [0.3, 0.4) is 0 Å². The third-order valence-corrected chi connectivity index (χ3v) is 3.77. The summed E-state index contributed by atoms with van der Waals surface area (Å²) in [5.41, 5.74) is -1.35. The molecular formula is C14H16F3NO2. The molecule has 0 saturated heterocycles. The molecule has 0 unspecified atom stereocenters. The van der Waals surface area contributed by atoms with Crippen LogP contribution in [-0.4, -0.2) is 23.2 Å². The maximum absolute atomic E-state index is 13.6. The van der Waals surface area contributed by atoms with Crippen LogP contribution < -0.4 is 5.32 Å². The second-order valence-corrected chi connectivity index (χ2v) is 5.18. The van der Waals surface area contributed by atoms with Gasteiger partial charge in [-0.25, -0.2) is 13.2 Å². The Hall–Kier alpha value is -1.56. The Labute approximate surface area is 114 Å². The van der Waals surface area contributed by atoms with Crippen LogP contribution in [0.4, 0.5) is 13.2 Å². The molecule has 1 saturated carbocycles. The Morgan fingerprint density at radius 2 is 1.80 bits per heavy atom. The number of nitrogens with one attached hydrogen (secondary N) is 1. The lowest BCUT2D eigenvalue weighted by molar-refractivity contribution is 0.0753. The van der Waals surface area contributed by atoms with Crippen LogP contribution in [0.2, 0.25) is 0 Å². The van der Waals surface area contributed by atoms with Gasteiger partial charge in [0.2, 0.25) is 0 Å². The van der Waals surface area contributed by atoms with Crippen molar-refractivity contribution in [2.45, 2.75) is 37.6 Å². The molecule has 20 heavy (non-hydrogen) atoms. The van der Waals surface area contributed by atoms with Gasteiger partial charge in [-0.05, 0) is 25.0 Å². The first-order valence-electron chi connectivity index (χ1n) is 6.56. The molecule has 6 heteroatoms. The van der Waals surface area contributed by atoms with Crippen molar-refractivity contribution in [2.75, 3.05) is 6.61 Å². The number of carbonyl (C=O) groups is 1. The van der Waals surface area contributed by atoms with Crippen LogP contribution in [0.25, 0.3) is 0 Å². The van der Waals surface area contributed by atoms with E-state index in [1.54, 1.807) is 0 Å². The Kier molecular flexibility index (Phi) is 4.32. The SMILES string of the molecule is O=C(NC1(CO)CCCCC1)c1ccc(F)c(F)c1F. The highest BCUT2D eigenvalue weighted by Crippen LogP contribution is 2.28. The van der Waals surface area contributed by atoms with Crippen LogP contribution in [0, 0.1) is 17.5 Å². The number of hydrogen-bond acceptors (Lipinski definition) is 2. The Balaban J connectivity index is 2.21. The second-order valence-electron chi connectivity index (χ2n) is 5.18. The van der Waals surface area contributed by atoms with Gasteiger partial charge in [-0.1, -0.05) is 19.3 Å².